The second kappa shape index (κ2) is 6.36. The van der Waals surface area contributed by atoms with Crippen molar-refractivity contribution >= 4 is 11.8 Å². The Morgan fingerprint density at radius 2 is 2.32 bits per heavy atom. The molecule has 1 aliphatic heterocycles. The van der Waals surface area contributed by atoms with Gasteiger partial charge in [-0.3, -0.25) is 9.59 Å². The summed E-state index contributed by atoms with van der Waals surface area (Å²) in [6, 6.07) is 3.56. The number of hydrogen-bond acceptors (Lipinski definition) is 4. The number of furan rings is 1. The fourth-order valence-electron chi connectivity index (χ4n) is 3.01. The Morgan fingerprint density at radius 1 is 1.45 bits per heavy atom. The normalized spacial score (nSPS) is 27.6. The van der Waals surface area contributed by atoms with Gasteiger partial charge in [0.25, 0.3) is 0 Å². The molecule has 3 rings (SSSR count). The largest absolute Gasteiger partial charge is 0.467 e. The minimum atomic E-state index is -0.316. The molecule has 6 heteroatoms. The molecule has 1 fully saturated rings. The zero-order valence-corrected chi connectivity index (χ0v) is 12.3. The first-order chi connectivity index (χ1) is 10.7. The van der Waals surface area contributed by atoms with Crippen molar-refractivity contribution in [3.63, 3.8) is 0 Å². The maximum absolute atomic E-state index is 12.3. The lowest BCUT2D eigenvalue weighted by Gasteiger charge is -2.17. The first-order valence-corrected chi connectivity index (χ1v) is 7.55. The maximum atomic E-state index is 12.3. The van der Waals surface area contributed by atoms with E-state index >= 15 is 0 Å². The van der Waals surface area contributed by atoms with E-state index in [1.54, 1.807) is 17.2 Å². The van der Waals surface area contributed by atoms with E-state index < -0.39 is 0 Å². The Balaban J connectivity index is 1.52. The second-order valence-corrected chi connectivity index (χ2v) is 5.93. The van der Waals surface area contributed by atoms with Crippen LogP contribution in [-0.2, 0) is 16.1 Å². The number of rotatable bonds is 5. The number of carbonyl (C=O) groups is 2. The first kappa shape index (κ1) is 14.8. The molecule has 2 amide bonds. The van der Waals surface area contributed by atoms with E-state index in [1.165, 1.54) is 0 Å². The quantitative estimate of drug-likeness (QED) is 0.784. The van der Waals surface area contributed by atoms with Crippen molar-refractivity contribution in [2.24, 2.45) is 11.8 Å². The third-order valence-electron chi connectivity index (χ3n) is 4.25. The number of nitrogens with zero attached hydrogens (tertiary/aromatic N) is 1. The van der Waals surface area contributed by atoms with Crippen LogP contribution in [0.25, 0.3) is 0 Å². The third kappa shape index (κ3) is 3.22. The van der Waals surface area contributed by atoms with Gasteiger partial charge in [0, 0.05) is 31.5 Å². The number of nitrogens with one attached hydrogen (secondary N) is 1. The van der Waals surface area contributed by atoms with Gasteiger partial charge in [0.1, 0.15) is 5.76 Å². The number of aliphatic hydroxyl groups excluding tert-OH is 1. The van der Waals surface area contributed by atoms with Crippen LogP contribution >= 0.6 is 0 Å². The van der Waals surface area contributed by atoms with E-state index in [4.69, 9.17) is 9.52 Å². The predicted octanol–water partition coefficient (Wildman–Crippen LogP) is 0.681. The lowest BCUT2D eigenvalue weighted by atomic mass is 10.1. The molecule has 22 heavy (non-hydrogen) atoms. The van der Waals surface area contributed by atoms with E-state index in [9.17, 15) is 9.59 Å². The summed E-state index contributed by atoms with van der Waals surface area (Å²) < 4.78 is 5.24. The van der Waals surface area contributed by atoms with Crippen LogP contribution in [0.5, 0.6) is 0 Å². The fourth-order valence-corrected chi connectivity index (χ4v) is 3.01. The van der Waals surface area contributed by atoms with Crippen LogP contribution in [0.3, 0.4) is 0 Å². The van der Waals surface area contributed by atoms with Crippen LogP contribution in [0.1, 0.15) is 18.6 Å². The van der Waals surface area contributed by atoms with Crippen molar-refractivity contribution < 1.29 is 19.1 Å². The minimum absolute atomic E-state index is 0.0215. The summed E-state index contributed by atoms with van der Waals surface area (Å²) in [5.74, 6) is 0.407. The topological polar surface area (TPSA) is 82.8 Å². The molecule has 2 aliphatic rings. The molecule has 2 heterocycles. The van der Waals surface area contributed by atoms with Gasteiger partial charge >= 0.3 is 0 Å². The monoisotopic (exact) mass is 304 g/mol. The van der Waals surface area contributed by atoms with E-state index in [2.05, 4.69) is 5.32 Å². The number of amides is 2. The number of aliphatic hydroxyl groups is 1. The Morgan fingerprint density at radius 3 is 3.00 bits per heavy atom. The van der Waals surface area contributed by atoms with Crippen LogP contribution in [0.2, 0.25) is 0 Å². The molecule has 2 N–H and O–H groups in total. The molecule has 6 nitrogen and oxygen atoms in total. The molecule has 1 unspecified atom stereocenters. The summed E-state index contributed by atoms with van der Waals surface area (Å²) in [5, 5.41) is 12.0. The van der Waals surface area contributed by atoms with Crippen molar-refractivity contribution in [2.45, 2.75) is 25.4 Å². The maximum Gasteiger partial charge on any atom is 0.225 e. The van der Waals surface area contributed by atoms with Crippen molar-refractivity contribution in [1.29, 1.82) is 0 Å². The average Bonchev–Trinajstić information content (AvgIpc) is 3.22. The van der Waals surface area contributed by atoms with Gasteiger partial charge in [0.2, 0.25) is 11.8 Å². The van der Waals surface area contributed by atoms with Gasteiger partial charge < -0.3 is 19.7 Å². The fraction of sp³-hybridized carbons (Fsp3) is 0.500. The van der Waals surface area contributed by atoms with Crippen molar-refractivity contribution in [3.8, 4) is 0 Å². The number of likely N-dealkylation sites (tertiary alicyclic amines) is 1. The lowest BCUT2D eigenvalue weighted by molar-refractivity contribution is -0.129. The third-order valence-corrected chi connectivity index (χ3v) is 4.25. The van der Waals surface area contributed by atoms with Crippen LogP contribution in [0.4, 0.5) is 0 Å². The highest BCUT2D eigenvalue weighted by Crippen LogP contribution is 2.22. The summed E-state index contributed by atoms with van der Waals surface area (Å²) >= 11 is 0. The first-order valence-electron chi connectivity index (χ1n) is 7.55. The van der Waals surface area contributed by atoms with Gasteiger partial charge in [0.15, 0.2) is 0 Å². The van der Waals surface area contributed by atoms with Crippen LogP contribution in [0.15, 0.2) is 35.0 Å². The van der Waals surface area contributed by atoms with Gasteiger partial charge in [-0.2, -0.15) is 0 Å². The summed E-state index contributed by atoms with van der Waals surface area (Å²) in [7, 11) is 0. The van der Waals surface area contributed by atoms with Crippen LogP contribution in [-0.4, -0.2) is 41.0 Å². The van der Waals surface area contributed by atoms with Gasteiger partial charge in [-0.25, -0.2) is 0 Å². The molecule has 1 aliphatic carbocycles. The lowest BCUT2D eigenvalue weighted by Crippen LogP contribution is -2.38. The van der Waals surface area contributed by atoms with E-state index in [1.807, 2.05) is 18.2 Å². The summed E-state index contributed by atoms with van der Waals surface area (Å²) in [5.41, 5.74) is 0. The summed E-state index contributed by atoms with van der Waals surface area (Å²) in [4.78, 5) is 25.9. The van der Waals surface area contributed by atoms with Crippen molar-refractivity contribution in [3.05, 3.63) is 36.3 Å². The zero-order valence-electron chi connectivity index (χ0n) is 12.3. The minimum Gasteiger partial charge on any atom is -0.467 e. The highest BCUT2D eigenvalue weighted by molar-refractivity contribution is 5.89. The summed E-state index contributed by atoms with van der Waals surface area (Å²) in [6.45, 7) is 0.929. The molecule has 3 atom stereocenters. The average molecular weight is 304 g/mol. The van der Waals surface area contributed by atoms with Crippen LogP contribution < -0.4 is 5.32 Å². The molecule has 1 aromatic heterocycles. The molecular weight excluding hydrogens is 284 g/mol. The van der Waals surface area contributed by atoms with Gasteiger partial charge in [-0.05, 0) is 18.6 Å². The van der Waals surface area contributed by atoms with E-state index in [0.717, 1.165) is 12.2 Å². The molecule has 0 saturated carbocycles. The van der Waals surface area contributed by atoms with Crippen molar-refractivity contribution in [1.82, 2.24) is 10.2 Å². The van der Waals surface area contributed by atoms with E-state index in [-0.39, 0.29) is 42.7 Å². The van der Waals surface area contributed by atoms with E-state index in [0.29, 0.717) is 13.1 Å². The number of hydrogen-bond donors (Lipinski definition) is 2. The number of carbonyl (C=O) groups excluding carboxylic acids is 2. The Kier molecular flexibility index (Phi) is 4.29. The molecule has 0 radical (unpaired) electrons. The smallest absolute Gasteiger partial charge is 0.225 e. The highest BCUT2D eigenvalue weighted by atomic mass is 16.3. The standard InChI is InChI=1S/C16H20N2O4/c19-10-11-3-4-13(6-11)17-16(21)12-7-15(20)18(8-12)9-14-2-1-5-22-14/h1-5,11-13,19H,6-10H2,(H,17,21)/t11-,12?,13+/m0/s1. The summed E-state index contributed by atoms with van der Waals surface area (Å²) in [6.07, 6.45) is 6.37. The highest BCUT2D eigenvalue weighted by Gasteiger charge is 2.35. The second-order valence-electron chi connectivity index (χ2n) is 5.93. The molecule has 1 aromatic rings. The van der Waals surface area contributed by atoms with Crippen molar-refractivity contribution in [2.75, 3.05) is 13.2 Å². The van der Waals surface area contributed by atoms with Gasteiger partial charge in [0.05, 0.1) is 18.7 Å². The zero-order chi connectivity index (χ0) is 15.5. The molecule has 118 valence electrons. The Bertz CT molecular complexity index is 567. The molecular formula is C16H20N2O4. The van der Waals surface area contributed by atoms with Gasteiger partial charge in [-0.1, -0.05) is 12.2 Å². The Labute approximate surface area is 128 Å². The Hall–Kier alpha value is -2.08. The molecule has 0 bridgehead atoms. The molecule has 1 saturated heterocycles. The van der Waals surface area contributed by atoms with Crippen LogP contribution in [0, 0.1) is 11.8 Å². The SMILES string of the molecule is O=C(N[C@@H]1C=C[C@H](CO)C1)C1CC(=O)N(Cc2ccco2)C1. The predicted molar refractivity (Wildman–Crippen MR) is 78.5 cm³/mol. The molecule has 0 aromatic carbocycles. The molecule has 0 spiro atoms. The van der Waals surface area contributed by atoms with Gasteiger partial charge in [-0.15, -0.1) is 0 Å².